The number of hydrogen-bond donors (Lipinski definition) is 2. The second kappa shape index (κ2) is 5.70. The third-order valence-electron chi connectivity index (χ3n) is 3.09. The number of benzene rings is 1. The Morgan fingerprint density at radius 1 is 1.40 bits per heavy atom. The second-order valence-electron chi connectivity index (χ2n) is 4.87. The summed E-state index contributed by atoms with van der Waals surface area (Å²) < 4.78 is 5.51. The number of carbonyl (C=O) groups is 1. The van der Waals surface area contributed by atoms with Gasteiger partial charge in [-0.3, -0.25) is 4.79 Å². The number of nitrogens with zero attached hydrogens (tertiary/aromatic N) is 2. The van der Waals surface area contributed by atoms with Crippen LogP contribution in [0.15, 0.2) is 18.2 Å². The van der Waals surface area contributed by atoms with Gasteiger partial charge in [0.25, 0.3) is 0 Å². The van der Waals surface area contributed by atoms with Crippen LogP contribution in [0.2, 0.25) is 0 Å². The van der Waals surface area contributed by atoms with Gasteiger partial charge in [-0.05, 0) is 25.1 Å². The molecule has 1 saturated heterocycles. The molecule has 0 radical (unpaired) electrons. The monoisotopic (exact) mass is 270 g/mol. The Balaban J connectivity index is 1.94. The van der Waals surface area contributed by atoms with Crippen LogP contribution in [0.25, 0.3) is 0 Å². The van der Waals surface area contributed by atoms with Crippen molar-refractivity contribution in [3.05, 3.63) is 29.3 Å². The highest BCUT2D eigenvalue weighted by molar-refractivity contribution is 5.92. The molecule has 0 unspecified atom stereocenters. The van der Waals surface area contributed by atoms with Crippen LogP contribution in [0.5, 0.6) is 0 Å². The molecule has 1 amide bonds. The van der Waals surface area contributed by atoms with Gasteiger partial charge in [0.2, 0.25) is 5.91 Å². The lowest BCUT2D eigenvalue weighted by atomic mass is 10.0. The van der Waals surface area contributed by atoms with Crippen molar-refractivity contribution in [3.63, 3.8) is 0 Å². The SMILES string of the molecule is CC1(OCC(=O)Nc2ccc(C#N)c(C#N)c2)CNC1. The Hall–Kier alpha value is -2.41. The van der Waals surface area contributed by atoms with E-state index in [0.29, 0.717) is 5.69 Å². The lowest BCUT2D eigenvalue weighted by Gasteiger charge is -2.38. The number of rotatable bonds is 4. The molecule has 0 spiro atoms. The predicted octanol–water partition coefficient (Wildman–Crippen LogP) is 0.747. The molecule has 20 heavy (non-hydrogen) atoms. The molecule has 6 heteroatoms. The molecule has 1 aromatic rings. The fraction of sp³-hybridized carbons (Fsp3) is 0.357. The molecule has 6 nitrogen and oxygen atoms in total. The largest absolute Gasteiger partial charge is 0.363 e. The normalized spacial score (nSPS) is 15.6. The predicted molar refractivity (Wildman–Crippen MR) is 71.7 cm³/mol. The number of ether oxygens (including phenoxy) is 1. The van der Waals surface area contributed by atoms with Crippen molar-refractivity contribution in [2.24, 2.45) is 0 Å². The molecule has 1 aliphatic heterocycles. The highest BCUT2D eigenvalue weighted by Gasteiger charge is 2.32. The summed E-state index contributed by atoms with van der Waals surface area (Å²) in [5, 5.41) is 23.5. The Morgan fingerprint density at radius 2 is 2.10 bits per heavy atom. The van der Waals surface area contributed by atoms with E-state index < -0.39 is 0 Å². The Kier molecular flexibility index (Phi) is 3.99. The first-order valence-electron chi connectivity index (χ1n) is 6.15. The van der Waals surface area contributed by atoms with Gasteiger partial charge in [-0.2, -0.15) is 10.5 Å². The molecule has 0 bridgehead atoms. The molecule has 102 valence electrons. The Bertz CT molecular complexity index is 609. The van der Waals surface area contributed by atoms with Gasteiger partial charge in [-0.1, -0.05) is 0 Å². The molecule has 0 saturated carbocycles. The van der Waals surface area contributed by atoms with Crippen LogP contribution in [0, 0.1) is 22.7 Å². The number of amides is 1. The quantitative estimate of drug-likeness (QED) is 0.841. The number of nitriles is 2. The highest BCUT2D eigenvalue weighted by atomic mass is 16.5. The van der Waals surface area contributed by atoms with E-state index in [1.807, 2.05) is 19.1 Å². The zero-order valence-corrected chi connectivity index (χ0v) is 11.1. The maximum absolute atomic E-state index is 11.7. The molecule has 1 aliphatic rings. The summed E-state index contributed by atoms with van der Waals surface area (Å²) in [5.41, 5.74) is 0.724. The smallest absolute Gasteiger partial charge is 0.250 e. The van der Waals surface area contributed by atoms with E-state index in [1.165, 1.54) is 12.1 Å². The number of anilines is 1. The fourth-order valence-corrected chi connectivity index (χ4v) is 1.83. The van der Waals surface area contributed by atoms with Crippen molar-refractivity contribution in [2.45, 2.75) is 12.5 Å². The van der Waals surface area contributed by atoms with Gasteiger partial charge in [0.05, 0.1) is 16.7 Å². The van der Waals surface area contributed by atoms with E-state index in [0.717, 1.165) is 13.1 Å². The molecule has 2 N–H and O–H groups in total. The van der Waals surface area contributed by atoms with Gasteiger partial charge >= 0.3 is 0 Å². The third kappa shape index (κ3) is 3.12. The van der Waals surface area contributed by atoms with Crippen molar-refractivity contribution >= 4 is 11.6 Å². The summed E-state index contributed by atoms with van der Waals surface area (Å²) in [4.78, 5) is 11.7. The minimum Gasteiger partial charge on any atom is -0.363 e. The van der Waals surface area contributed by atoms with Crippen molar-refractivity contribution in [3.8, 4) is 12.1 Å². The van der Waals surface area contributed by atoms with Crippen LogP contribution in [-0.4, -0.2) is 31.2 Å². The van der Waals surface area contributed by atoms with Gasteiger partial charge in [0, 0.05) is 18.8 Å². The molecule has 1 heterocycles. The van der Waals surface area contributed by atoms with Gasteiger partial charge in [-0.15, -0.1) is 0 Å². The van der Waals surface area contributed by atoms with E-state index in [4.69, 9.17) is 15.3 Å². The van der Waals surface area contributed by atoms with Gasteiger partial charge in [0.15, 0.2) is 0 Å². The van der Waals surface area contributed by atoms with Crippen molar-refractivity contribution in [1.82, 2.24) is 5.32 Å². The summed E-state index contributed by atoms with van der Waals surface area (Å²) in [5.74, 6) is -0.285. The third-order valence-corrected chi connectivity index (χ3v) is 3.09. The second-order valence-corrected chi connectivity index (χ2v) is 4.87. The van der Waals surface area contributed by atoms with E-state index in [1.54, 1.807) is 6.07 Å². The maximum atomic E-state index is 11.7. The topological polar surface area (TPSA) is 97.9 Å². The molecular weight excluding hydrogens is 256 g/mol. The zero-order valence-electron chi connectivity index (χ0n) is 11.1. The van der Waals surface area contributed by atoms with Gasteiger partial charge in [0.1, 0.15) is 18.7 Å². The molecule has 0 aromatic heterocycles. The van der Waals surface area contributed by atoms with Crippen LogP contribution in [0.3, 0.4) is 0 Å². The molecular formula is C14H14N4O2. The van der Waals surface area contributed by atoms with E-state index in [-0.39, 0.29) is 29.2 Å². The van der Waals surface area contributed by atoms with Crippen molar-refractivity contribution in [2.75, 3.05) is 25.0 Å². The number of nitrogens with one attached hydrogen (secondary N) is 2. The fourth-order valence-electron chi connectivity index (χ4n) is 1.83. The van der Waals surface area contributed by atoms with Gasteiger partial charge in [-0.25, -0.2) is 0 Å². The van der Waals surface area contributed by atoms with E-state index >= 15 is 0 Å². The summed E-state index contributed by atoms with van der Waals surface area (Å²) in [6.45, 7) is 3.36. The van der Waals surface area contributed by atoms with Crippen molar-refractivity contribution in [1.29, 1.82) is 10.5 Å². The summed E-state index contributed by atoms with van der Waals surface area (Å²) in [6.07, 6.45) is 0. The lowest BCUT2D eigenvalue weighted by Crippen LogP contribution is -2.59. The average molecular weight is 270 g/mol. The molecule has 0 atom stereocenters. The minimum absolute atomic E-state index is 0.0416. The standard InChI is InChI=1S/C14H14N4O2/c1-14(8-17-9-14)20-7-13(19)18-12-3-2-10(5-15)11(4-12)6-16/h2-4,17H,7-9H2,1H3,(H,18,19). The Morgan fingerprint density at radius 3 is 2.65 bits per heavy atom. The van der Waals surface area contributed by atoms with Crippen LogP contribution in [-0.2, 0) is 9.53 Å². The minimum atomic E-state index is -0.285. The first-order valence-corrected chi connectivity index (χ1v) is 6.15. The van der Waals surface area contributed by atoms with Crippen LogP contribution >= 0.6 is 0 Å². The van der Waals surface area contributed by atoms with E-state index in [9.17, 15) is 4.79 Å². The Labute approximate surface area is 117 Å². The summed E-state index contributed by atoms with van der Waals surface area (Å²) in [6, 6.07) is 8.41. The number of hydrogen-bond acceptors (Lipinski definition) is 5. The van der Waals surface area contributed by atoms with E-state index in [2.05, 4.69) is 10.6 Å². The average Bonchev–Trinajstić information content (AvgIpc) is 2.43. The van der Waals surface area contributed by atoms with Crippen molar-refractivity contribution < 1.29 is 9.53 Å². The highest BCUT2D eigenvalue weighted by Crippen LogP contribution is 2.16. The molecule has 1 fully saturated rings. The number of carbonyl (C=O) groups excluding carboxylic acids is 1. The first-order chi connectivity index (χ1) is 9.56. The summed E-state index contributed by atoms with van der Waals surface area (Å²) >= 11 is 0. The first kappa shape index (κ1) is 14.0. The van der Waals surface area contributed by atoms with Crippen LogP contribution in [0.1, 0.15) is 18.1 Å². The molecule has 1 aromatic carbocycles. The summed E-state index contributed by atoms with van der Waals surface area (Å²) in [7, 11) is 0. The lowest BCUT2D eigenvalue weighted by molar-refractivity contribution is -0.130. The van der Waals surface area contributed by atoms with Crippen LogP contribution < -0.4 is 10.6 Å². The molecule has 2 rings (SSSR count). The molecule has 0 aliphatic carbocycles. The van der Waals surface area contributed by atoms with Gasteiger partial charge < -0.3 is 15.4 Å². The van der Waals surface area contributed by atoms with Crippen LogP contribution in [0.4, 0.5) is 5.69 Å². The maximum Gasteiger partial charge on any atom is 0.250 e. The zero-order chi connectivity index (χ0) is 14.6.